The van der Waals surface area contributed by atoms with Gasteiger partial charge in [-0.3, -0.25) is 4.78 Å². The molecule has 0 radical (unpaired) electrons. The third-order valence-corrected chi connectivity index (χ3v) is 4.16. The van der Waals surface area contributed by atoms with Gasteiger partial charge in [0.15, 0.2) is 0 Å². The predicted molar refractivity (Wildman–Crippen MR) is 40.5 cm³/mol. The van der Waals surface area contributed by atoms with Gasteiger partial charge in [-0.2, -0.15) is 0 Å². The molecule has 3 nitrogen and oxygen atoms in total. The van der Waals surface area contributed by atoms with Crippen LogP contribution in [0.5, 0.6) is 0 Å². The summed E-state index contributed by atoms with van der Waals surface area (Å²) in [5.74, 6) is 1.17. The molecule has 0 aromatic heterocycles. The van der Waals surface area contributed by atoms with Crippen LogP contribution in [0.1, 0.15) is 12.8 Å². The molecule has 0 spiro atoms. The van der Waals surface area contributed by atoms with Crippen molar-refractivity contribution in [2.24, 2.45) is 0 Å². The maximum Gasteiger partial charge on any atom is 0.0472 e. The maximum atomic E-state index is 11.3. The van der Waals surface area contributed by atoms with E-state index in [9.17, 15) is 4.21 Å². The minimum absolute atomic E-state index is 0.392. The fraction of sp³-hybridized carbons (Fsp3) is 1.00. The van der Waals surface area contributed by atoms with Crippen LogP contribution in [0, 0.1) is 4.78 Å². The summed E-state index contributed by atoms with van der Waals surface area (Å²) in [5.41, 5.74) is 0. The second kappa shape index (κ2) is 1.95. The summed E-state index contributed by atoms with van der Waals surface area (Å²) in [7, 11) is -2.18. The highest BCUT2D eigenvalue weighted by Gasteiger charge is 2.33. The summed E-state index contributed by atoms with van der Waals surface area (Å²) in [4.78, 5) is 0. The van der Waals surface area contributed by atoms with Gasteiger partial charge in [-0.15, -0.1) is 0 Å². The minimum atomic E-state index is -2.18. The molecule has 2 aliphatic heterocycles. The van der Waals surface area contributed by atoms with Crippen LogP contribution in [0.4, 0.5) is 0 Å². The summed E-state index contributed by atoms with van der Waals surface area (Å²) >= 11 is 0. The molecular weight excluding hydrogens is 148 g/mol. The lowest BCUT2D eigenvalue weighted by Gasteiger charge is -2.22. The molecule has 2 rings (SSSR count). The normalized spacial score (nSPS) is 53.2. The van der Waals surface area contributed by atoms with E-state index in [4.69, 9.17) is 4.78 Å². The zero-order chi connectivity index (χ0) is 7.19. The fourth-order valence-corrected chi connectivity index (χ4v) is 3.85. The lowest BCUT2D eigenvalue weighted by atomic mass is 10.2. The molecule has 2 unspecified atom stereocenters. The third-order valence-electron chi connectivity index (χ3n) is 2.28. The van der Waals surface area contributed by atoms with Gasteiger partial charge >= 0.3 is 0 Å². The molecule has 2 saturated heterocycles. The van der Waals surface area contributed by atoms with Gasteiger partial charge in [0.1, 0.15) is 0 Å². The third kappa shape index (κ3) is 1.06. The molecule has 0 aromatic rings. The quantitative estimate of drug-likeness (QED) is 0.530. The van der Waals surface area contributed by atoms with Gasteiger partial charge < -0.3 is 5.32 Å². The van der Waals surface area contributed by atoms with Crippen LogP contribution >= 0.6 is 0 Å². The van der Waals surface area contributed by atoms with E-state index in [2.05, 4.69) is 5.32 Å². The summed E-state index contributed by atoms with van der Waals surface area (Å²) in [5, 5.41) is 3.35. The zero-order valence-corrected chi connectivity index (χ0v) is 6.62. The monoisotopic (exact) mass is 160 g/mol. The van der Waals surface area contributed by atoms with Gasteiger partial charge in [0.2, 0.25) is 0 Å². The molecular formula is C6H12N2OS. The lowest BCUT2D eigenvalue weighted by Crippen LogP contribution is -2.44. The van der Waals surface area contributed by atoms with Crippen molar-refractivity contribution in [3.05, 3.63) is 0 Å². The first kappa shape index (κ1) is 6.61. The topological polar surface area (TPSA) is 53.0 Å². The van der Waals surface area contributed by atoms with Crippen molar-refractivity contribution >= 4 is 9.73 Å². The highest BCUT2D eigenvalue weighted by molar-refractivity contribution is 7.92. The van der Waals surface area contributed by atoms with Crippen molar-refractivity contribution in [1.82, 2.24) is 5.32 Å². The Kier molecular flexibility index (Phi) is 1.29. The van der Waals surface area contributed by atoms with E-state index < -0.39 is 9.73 Å². The summed E-state index contributed by atoms with van der Waals surface area (Å²) < 4.78 is 18.7. The van der Waals surface area contributed by atoms with Gasteiger partial charge in [-0.25, -0.2) is 4.21 Å². The van der Waals surface area contributed by atoms with Gasteiger partial charge in [0.25, 0.3) is 0 Å². The number of fused-ring (bicyclic) bond motifs is 2. The van der Waals surface area contributed by atoms with Crippen LogP contribution in [0.2, 0.25) is 0 Å². The number of hydrogen-bond acceptors (Lipinski definition) is 3. The first-order chi connectivity index (χ1) is 4.66. The minimum Gasteiger partial charge on any atom is -0.309 e. The number of rotatable bonds is 0. The molecule has 0 amide bonds. The molecule has 2 aliphatic rings. The Bertz CT molecular complexity index is 216. The molecule has 2 fully saturated rings. The molecule has 2 atom stereocenters. The number of nitrogens with one attached hydrogen (secondary N) is 2. The second-order valence-corrected chi connectivity index (χ2v) is 5.57. The highest BCUT2D eigenvalue weighted by atomic mass is 32.2. The predicted octanol–water partition coefficient (Wildman–Crippen LogP) is 0.167. The highest BCUT2D eigenvalue weighted by Crippen LogP contribution is 2.21. The molecule has 0 saturated carbocycles. The first-order valence-corrected chi connectivity index (χ1v) is 5.55. The summed E-state index contributed by atoms with van der Waals surface area (Å²) in [6, 6.07) is 0.785. The van der Waals surface area contributed by atoms with E-state index >= 15 is 0 Å². The van der Waals surface area contributed by atoms with E-state index in [-0.39, 0.29) is 0 Å². The average molecular weight is 160 g/mol. The maximum absolute atomic E-state index is 11.3. The number of hydrogen-bond donors (Lipinski definition) is 2. The van der Waals surface area contributed by atoms with Gasteiger partial charge in [-0.05, 0) is 12.8 Å². The van der Waals surface area contributed by atoms with E-state index in [1.54, 1.807) is 0 Å². The van der Waals surface area contributed by atoms with Gasteiger partial charge in [0.05, 0.1) is 0 Å². The van der Waals surface area contributed by atoms with Crippen LogP contribution in [0.15, 0.2) is 0 Å². The second-order valence-electron chi connectivity index (χ2n) is 3.28. The van der Waals surface area contributed by atoms with E-state index in [1.807, 2.05) is 0 Å². The van der Waals surface area contributed by atoms with Crippen molar-refractivity contribution < 1.29 is 4.21 Å². The fourth-order valence-electron chi connectivity index (χ4n) is 1.88. The largest absolute Gasteiger partial charge is 0.309 e. The zero-order valence-electron chi connectivity index (χ0n) is 5.80. The van der Waals surface area contributed by atoms with E-state index in [0.717, 1.165) is 12.8 Å². The van der Waals surface area contributed by atoms with E-state index in [0.29, 0.717) is 23.6 Å². The lowest BCUT2D eigenvalue weighted by molar-refractivity contribution is 0.563. The van der Waals surface area contributed by atoms with Crippen molar-refractivity contribution in [3.63, 3.8) is 0 Å². The van der Waals surface area contributed by atoms with Crippen molar-refractivity contribution in [2.75, 3.05) is 11.5 Å². The van der Waals surface area contributed by atoms with Crippen LogP contribution in [0.3, 0.4) is 0 Å². The Morgan fingerprint density at radius 2 is 1.80 bits per heavy atom. The van der Waals surface area contributed by atoms with Crippen LogP contribution in [-0.4, -0.2) is 27.8 Å². The van der Waals surface area contributed by atoms with Gasteiger partial charge in [0, 0.05) is 33.3 Å². The Labute approximate surface area is 61.2 Å². The summed E-state index contributed by atoms with van der Waals surface area (Å²) in [6.45, 7) is 0. The molecule has 4 heteroatoms. The molecule has 2 N–H and O–H groups in total. The summed E-state index contributed by atoms with van der Waals surface area (Å²) in [6.07, 6.45) is 2.25. The Hall–Kier alpha value is -0.0900. The van der Waals surface area contributed by atoms with Crippen LogP contribution in [-0.2, 0) is 9.73 Å². The standard InChI is InChI=1S/C6H12N2OS/c7-10(9)3-5-1-2-6(4-10)8-5/h5-8H,1-4H2. The molecule has 0 aromatic carbocycles. The smallest absolute Gasteiger partial charge is 0.0472 e. The van der Waals surface area contributed by atoms with Crippen LogP contribution in [0.25, 0.3) is 0 Å². The van der Waals surface area contributed by atoms with Crippen LogP contribution < -0.4 is 5.32 Å². The van der Waals surface area contributed by atoms with Gasteiger partial charge in [-0.1, -0.05) is 0 Å². The van der Waals surface area contributed by atoms with E-state index in [1.165, 1.54) is 0 Å². The Morgan fingerprint density at radius 3 is 2.30 bits per heavy atom. The van der Waals surface area contributed by atoms with Crippen molar-refractivity contribution in [2.45, 2.75) is 24.9 Å². The average Bonchev–Trinajstić information content (AvgIpc) is 2.08. The Balaban J connectivity index is 2.25. The molecule has 2 bridgehead atoms. The SMILES string of the molecule is N=S1(=O)CC2CCC(C1)N2. The van der Waals surface area contributed by atoms with Crippen molar-refractivity contribution in [3.8, 4) is 0 Å². The molecule has 2 heterocycles. The molecule has 0 aliphatic carbocycles. The first-order valence-electron chi connectivity index (χ1n) is 3.66. The molecule has 58 valence electrons. The molecule has 10 heavy (non-hydrogen) atoms. The van der Waals surface area contributed by atoms with Crippen molar-refractivity contribution in [1.29, 1.82) is 4.78 Å². The Morgan fingerprint density at radius 1 is 1.30 bits per heavy atom.